The molecule has 0 saturated heterocycles. The Morgan fingerprint density at radius 2 is 2.00 bits per heavy atom. The van der Waals surface area contributed by atoms with Crippen molar-refractivity contribution in [3.8, 4) is 0 Å². The summed E-state index contributed by atoms with van der Waals surface area (Å²) in [6.07, 6.45) is 0. The predicted octanol–water partition coefficient (Wildman–Crippen LogP) is 2.85. The summed E-state index contributed by atoms with van der Waals surface area (Å²) in [4.78, 5) is 1.72. The molecule has 0 aromatic heterocycles. The topological polar surface area (TPSA) is 3.24 Å². The number of rotatable bonds is 0. The van der Waals surface area contributed by atoms with Crippen molar-refractivity contribution in [2.24, 2.45) is 0 Å². The molecule has 0 saturated carbocycles. The van der Waals surface area contributed by atoms with Crippen LogP contribution in [0.3, 0.4) is 0 Å². The Kier molecular flexibility index (Phi) is 2.18. The molecule has 2 radical (unpaired) electrons. The monoisotopic (exact) mass is 197 g/mol. The van der Waals surface area contributed by atoms with Gasteiger partial charge in [-0.05, 0) is 16.5 Å². The minimum Gasteiger partial charge on any atom is -0.421 e. The van der Waals surface area contributed by atoms with Crippen LogP contribution < -0.4 is 0 Å². The zero-order valence-corrected chi connectivity index (χ0v) is 9.67. The average Bonchev–Trinajstić information content (AvgIpc) is 2.41. The van der Waals surface area contributed by atoms with Crippen LogP contribution in [0.25, 0.3) is 5.70 Å². The van der Waals surface area contributed by atoms with Crippen LogP contribution in [-0.2, 0) is 12.0 Å². The van der Waals surface area contributed by atoms with Gasteiger partial charge in [-0.3, -0.25) is 0 Å². The Hall–Kier alpha value is -1.18. The van der Waals surface area contributed by atoms with E-state index in [1.807, 2.05) is 0 Å². The van der Waals surface area contributed by atoms with Gasteiger partial charge in [0.15, 0.2) is 0 Å². The lowest BCUT2D eigenvalue weighted by atomic mass is 9.82. The molecule has 1 nitrogen and oxygen atoms in total. The summed E-state index contributed by atoms with van der Waals surface area (Å²) in [6.45, 7) is 11.5. The van der Waals surface area contributed by atoms with Crippen LogP contribution in [0.1, 0.15) is 37.5 Å². The fourth-order valence-electron chi connectivity index (χ4n) is 2.12. The van der Waals surface area contributed by atoms with Gasteiger partial charge in [-0.15, -0.1) is 0 Å². The first-order valence-electron chi connectivity index (χ1n) is 5.25. The molecule has 0 N–H and O–H groups in total. The lowest BCUT2D eigenvalue weighted by Gasteiger charge is -2.23. The van der Waals surface area contributed by atoms with Gasteiger partial charge in [-0.2, -0.15) is 0 Å². The number of fused-ring (bicyclic) bond motifs is 1. The predicted molar refractivity (Wildman–Crippen MR) is 65.5 cm³/mol. The third-order valence-electron chi connectivity index (χ3n) is 2.93. The van der Waals surface area contributed by atoms with Crippen LogP contribution in [0, 0.1) is 0 Å². The molecule has 1 aromatic carbocycles. The van der Waals surface area contributed by atoms with Crippen molar-refractivity contribution in [2.45, 2.75) is 32.7 Å². The Labute approximate surface area is 93.2 Å². The van der Waals surface area contributed by atoms with Crippen LogP contribution in [0.15, 0.2) is 24.8 Å². The van der Waals surface area contributed by atoms with E-state index in [-0.39, 0.29) is 5.41 Å². The van der Waals surface area contributed by atoms with Crippen molar-refractivity contribution in [1.29, 1.82) is 0 Å². The van der Waals surface area contributed by atoms with Gasteiger partial charge in [0.1, 0.15) is 0 Å². The highest BCUT2D eigenvalue weighted by molar-refractivity contribution is 6.10. The van der Waals surface area contributed by atoms with Gasteiger partial charge in [0.25, 0.3) is 0 Å². The Bertz CT molecular complexity index is 415. The van der Waals surface area contributed by atoms with Crippen LogP contribution in [-0.4, -0.2) is 12.8 Å². The molecule has 2 heteroatoms. The molecule has 1 aliphatic heterocycles. The van der Waals surface area contributed by atoms with Gasteiger partial charge >= 0.3 is 0 Å². The largest absolute Gasteiger partial charge is 0.421 e. The summed E-state index contributed by atoms with van der Waals surface area (Å²) in [6, 6.07) is 6.40. The van der Waals surface area contributed by atoms with Crippen molar-refractivity contribution in [3.05, 3.63) is 41.5 Å². The number of benzene rings is 1. The van der Waals surface area contributed by atoms with Crippen LogP contribution in [0.2, 0.25) is 0 Å². The first-order chi connectivity index (χ1) is 6.91. The van der Waals surface area contributed by atoms with Gasteiger partial charge in [-0.1, -0.05) is 45.5 Å². The second kappa shape index (κ2) is 3.16. The van der Waals surface area contributed by atoms with Crippen molar-refractivity contribution >= 4 is 13.7 Å². The van der Waals surface area contributed by atoms with E-state index in [9.17, 15) is 0 Å². The second-order valence-corrected chi connectivity index (χ2v) is 5.16. The standard InChI is InChI=1S/C13H16BN/c1-9-12-10(8-15(9)14)6-5-7-11(12)13(2,3)4/h5-7H,1,8H2,2-4H3. The summed E-state index contributed by atoms with van der Waals surface area (Å²) in [7, 11) is 5.87. The van der Waals surface area contributed by atoms with Gasteiger partial charge in [0.2, 0.25) is 7.98 Å². The molecule has 0 atom stereocenters. The highest BCUT2D eigenvalue weighted by atomic mass is 15.1. The summed E-state index contributed by atoms with van der Waals surface area (Å²) in [5, 5.41) is 0. The second-order valence-electron chi connectivity index (χ2n) is 5.16. The van der Waals surface area contributed by atoms with Crippen LogP contribution in [0.4, 0.5) is 0 Å². The van der Waals surface area contributed by atoms with E-state index in [0.717, 1.165) is 12.2 Å². The van der Waals surface area contributed by atoms with Gasteiger partial charge in [0.05, 0.1) is 0 Å². The molecular formula is C13H16BN. The minimum atomic E-state index is 0.138. The fraction of sp³-hybridized carbons (Fsp3) is 0.385. The number of hydrogen-bond donors (Lipinski definition) is 0. The Balaban J connectivity index is 2.63. The summed E-state index contributed by atoms with van der Waals surface area (Å²) in [5.74, 6) is 0. The highest BCUT2D eigenvalue weighted by Crippen LogP contribution is 2.37. The number of hydrogen-bond acceptors (Lipinski definition) is 1. The summed E-state index contributed by atoms with van der Waals surface area (Å²) < 4.78 is 0. The first-order valence-corrected chi connectivity index (χ1v) is 5.25. The van der Waals surface area contributed by atoms with Crippen LogP contribution >= 0.6 is 0 Å². The molecule has 76 valence electrons. The van der Waals surface area contributed by atoms with Gasteiger partial charge < -0.3 is 4.81 Å². The smallest absolute Gasteiger partial charge is 0.227 e. The van der Waals surface area contributed by atoms with Crippen molar-refractivity contribution in [2.75, 3.05) is 0 Å². The zero-order chi connectivity index (χ0) is 11.2. The molecular weight excluding hydrogens is 181 g/mol. The third-order valence-corrected chi connectivity index (χ3v) is 2.93. The van der Waals surface area contributed by atoms with Crippen molar-refractivity contribution in [3.63, 3.8) is 0 Å². The van der Waals surface area contributed by atoms with E-state index in [0.29, 0.717) is 0 Å². The maximum absolute atomic E-state index is 5.87. The molecule has 2 rings (SSSR count). The Morgan fingerprint density at radius 3 is 2.60 bits per heavy atom. The van der Waals surface area contributed by atoms with Gasteiger partial charge in [0, 0.05) is 17.8 Å². The Morgan fingerprint density at radius 1 is 1.33 bits per heavy atom. The maximum atomic E-state index is 5.87. The molecule has 0 amide bonds. The molecule has 0 aliphatic carbocycles. The van der Waals surface area contributed by atoms with Crippen molar-refractivity contribution in [1.82, 2.24) is 4.81 Å². The zero-order valence-electron chi connectivity index (χ0n) is 9.67. The molecule has 0 bridgehead atoms. The minimum absolute atomic E-state index is 0.138. The van der Waals surface area contributed by atoms with E-state index < -0.39 is 0 Å². The lowest BCUT2D eigenvalue weighted by molar-refractivity contribution is 0.588. The molecule has 0 unspecified atom stereocenters. The van der Waals surface area contributed by atoms with E-state index in [1.54, 1.807) is 4.81 Å². The van der Waals surface area contributed by atoms with Crippen molar-refractivity contribution < 1.29 is 0 Å². The molecule has 15 heavy (non-hydrogen) atoms. The van der Waals surface area contributed by atoms with E-state index in [2.05, 4.69) is 45.5 Å². The molecule has 1 heterocycles. The maximum Gasteiger partial charge on any atom is 0.227 e. The molecule has 0 spiro atoms. The summed E-state index contributed by atoms with van der Waals surface area (Å²) >= 11 is 0. The molecule has 0 fully saturated rings. The van der Waals surface area contributed by atoms with E-state index >= 15 is 0 Å². The quantitative estimate of drug-likeness (QED) is 0.578. The normalized spacial score (nSPS) is 15.7. The van der Waals surface area contributed by atoms with E-state index in [4.69, 9.17) is 7.98 Å². The van der Waals surface area contributed by atoms with Gasteiger partial charge in [-0.25, -0.2) is 0 Å². The third kappa shape index (κ3) is 1.58. The van der Waals surface area contributed by atoms with E-state index in [1.165, 1.54) is 16.7 Å². The first kappa shape index (κ1) is 10.3. The lowest BCUT2D eigenvalue weighted by Crippen LogP contribution is -2.14. The average molecular weight is 197 g/mol. The fourth-order valence-corrected chi connectivity index (χ4v) is 2.12. The summed E-state index contributed by atoms with van der Waals surface area (Å²) in [5.41, 5.74) is 4.94. The number of nitrogens with zero attached hydrogens (tertiary/aromatic N) is 1. The molecule has 1 aromatic rings. The van der Waals surface area contributed by atoms with Crippen LogP contribution in [0.5, 0.6) is 0 Å². The highest BCUT2D eigenvalue weighted by Gasteiger charge is 2.26. The SMILES string of the molecule is [B]N1Cc2cccc(C(C)(C)C)c2C1=C. The molecule has 1 aliphatic rings.